The quantitative estimate of drug-likeness (QED) is 0.370. The molecule has 7 heteroatoms. The van der Waals surface area contributed by atoms with E-state index in [1.807, 2.05) is 24.3 Å². The van der Waals surface area contributed by atoms with Gasteiger partial charge in [-0.1, -0.05) is 59.6 Å². The lowest BCUT2D eigenvalue weighted by molar-refractivity contribution is -0.123. The lowest BCUT2D eigenvalue weighted by Crippen LogP contribution is -2.34. The van der Waals surface area contributed by atoms with E-state index in [4.69, 9.17) is 27.9 Å². The zero-order valence-corrected chi connectivity index (χ0v) is 19.2. The van der Waals surface area contributed by atoms with Crippen LogP contribution in [-0.4, -0.2) is 22.1 Å². The Bertz CT molecular complexity index is 1200. The van der Waals surface area contributed by atoms with Crippen LogP contribution in [0.5, 0.6) is 5.75 Å². The molecule has 0 radical (unpaired) electrons. The molecule has 1 aliphatic heterocycles. The van der Waals surface area contributed by atoms with Crippen LogP contribution < -0.4 is 4.74 Å². The van der Waals surface area contributed by atoms with Gasteiger partial charge in [-0.15, -0.1) is 0 Å². The average Bonchev–Trinajstić information content (AvgIpc) is 3.00. The van der Waals surface area contributed by atoms with Crippen LogP contribution in [0, 0.1) is 0 Å². The first kappa shape index (κ1) is 21.8. The Balaban J connectivity index is 1.53. The van der Waals surface area contributed by atoms with Gasteiger partial charge < -0.3 is 4.74 Å². The van der Waals surface area contributed by atoms with Crippen LogP contribution in [0.15, 0.2) is 59.5 Å². The minimum Gasteiger partial charge on any atom is -0.486 e. The molecule has 1 aliphatic rings. The minimum absolute atomic E-state index is 0.198. The molecule has 0 atom stereocenters. The van der Waals surface area contributed by atoms with Gasteiger partial charge in [-0.2, -0.15) is 0 Å². The van der Waals surface area contributed by atoms with E-state index in [-0.39, 0.29) is 17.2 Å². The fourth-order valence-electron chi connectivity index (χ4n) is 3.36. The van der Waals surface area contributed by atoms with Crippen LogP contribution in [0.1, 0.15) is 25.0 Å². The number of carbonyl (C=O) groups excluding carboxylic acids is 2. The molecule has 158 valence electrons. The zero-order chi connectivity index (χ0) is 22.1. The van der Waals surface area contributed by atoms with Gasteiger partial charge in [0.15, 0.2) is 5.75 Å². The topological polar surface area (TPSA) is 46.6 Å². The molecule has 0 aromatic heterocycles. The molecule has 0 N–H and O–H groups in total. The van der Waals surface area contributed by atoms with Crippen molar-refractivity contribution in [3.05, 3.63) is 80.7 Å². The zero-order valence-electron chi connectivity index (χ0n) is 16.9. The van der Waals surface area contributed by atoms with Crippen molar-refractivity contribution >= 4 is 63.0 Å². The Hall–Kier alpha value is -2.47. The van der Waals surface area contributed by atoms with Crippen molar-refractivity contribution in [2.45, 2.75) is 26.5 Å². The number of halogens is 2. The van der Waals surface area contributed by atoms with Crippen LogP contribution in [0.3, 0.4) is 0 Å². The number of nitrogens with zero attached hydrogens (tertiary/aromatic N) is 1. The Morgan fingerprint density at radius 2 is 1.68 bits per heavy atom. The third-order valence-corrected chi connectivity index (χ3v) is 6.30. The summed E-state index contributed by atoms with van der Waals surface area (Å²) in [4.78, 5) is 26.1. The molecule has 4 nitrogen and oxygen atoms in total. The smallest absolute Gasteiger partial charge is 0.293 e. The van der Waals surface area contributed by atoms with E-state index in [1.165, 1.54) is 4.90 Å². The average molecular weight is 472 g/mol. The maximum absolute atomic E-state index is 12.5. The van der Waals surface area contributed by atoms with Crippen molar-refractivity contribution in [2.24, 2.45) is 0 Å². The molecule has 0 saturated carbocycles. The highest BCUT2D eigenvalue weighted by Crippen LogP contribution is 2.38. The van der Waals surface area contributed by atoms with Crippen molar-refractivity contribution < 1.29 is 14.3 Å². The van der Waals surface area contributed by atoms with Crippen LogP contribution in [0.2, 0.25) is 10.0 Å². The summed E-state index contributed by atoms with van der Waals surface area (Å²) in [5.74, 6) is 0.0674. The van der Waals surface area contributed by atoms with Crippen molar-refractivity contribution in [3.8, 4) is 5.75 Å². The molecule has 0 unspecified atom stereocenters. The molecule has 2 amide bonds. The number of hydrogen-bond acceptors (Lipinski definition) is 4. The molecule has 0 spiro atoms. The number of benzene rings is 3. The maximum Gasteiger partial charge on any atom is 0.293 e. The summed E-state index contributed by atoms with van der Waals surface area (Å²) in [5.41, 5.74) is 1.62. The largest absolute Gasteiger partial charge is 0.486 e. The van der Waals surface area contributed by atoms with E-state index < -0.39 is 0 Å². The summed E-state index contributed by atoms with van der Waals surface area (Å²) >= 11 is 13.7. The van der Waals surface area contributed by atoms with E-state index in [0.29, 0.717) is 32.9 Å². The maximum atomic E-state index is 12.5. The first-order valence-corrected chi connectivity index (χ1v) is 11.3. The lowest BCUT2D eigenvalue weighted by atomic mass is 10.1. The Labute approximate surface area is 194 Å². The van der Waals surface area contributed by atoms with Crippen LogP contribution >= 0.6 is 35.0 Å². The number of hydrogen-bond donors (Lipinski definition) is 0. The number of rotatable bonds is 5. The number of fused-ring (bicyclic) bond motifs is 1. The number of carbonyl (C=O) groups is 2. The first-order valence-electron chi connectivity index (χ1n) is 9.70. The molecule has 3 aromatic carbocycles. The highest BCUT2D eigenvalue weighted by molar-refractivity contribution is 8.18. The molecule has 1 saturated heterocycles. The Morgan fingerprint density at radius 1 is 1.00 bits per heavy atom. The number of amides is 2. The van der Waals surface area contributed by atoms with Gasteiger partial charge in [0.2, 0.25) is 0 Å². The number of thioether (sulfide) groups is 1. The first-order chi connectivity index (χ1) is 14.8. The van der Waals surface area contributed by atoms with E-state index in [1.54, 1.807) is 32.1 Å². The van der Waals surface area contributed by atoms with Gasteiger partial charge in [0.25, 0.3) is 11.1 Å². The van der Waals surface area contributed by atoms with Gasteiger partial charge in [0.1, 0.15) is 6.61 Å². The fraction of sp³-hybridized carbons (Fsp3) is 0.167. The standard InChI is InChI=1S/C24H19Cl2NO3S/c1-14(2)27-23(28)21(31-24(27)29)12-16-10-19(25)22(20(26)11-16)30-13-15-7-8-17-5-3-4-6-18(17)9-15/h3-12,14H,13H2,1-2H3/b21-12+. The van der Waals surface area contributed by atoms with Crippen molar-refractivity contribution in [1.82, 2.24) is 4.90 Å². The van der Waals surface area contributed by atoms with Crippen molar-refractivity contribution in [1.29, 1.82) is 0 Å². The molecular formula is C24H19Cl2NO3S. The summed E-state index contributed by atoms with van der Waals surface area (Å²) < 4.78 is 5.90. The van der Waals surface area contributed by atoms with Gasteiger partial charge in [-0.3, -0.25) is 14.5 Å². The highest BCUT2D eigenvalue weighted by atomic mass is 35.5. The monoisotopic (exact) mass is 471 g/mol. The molecule has 31 heavy (non-hydrogen) atoms. The van der Waals surface area contributed by atoms with Crippen LogP contribution in [0.4, 0.5) is 4.79 Å². The van der Waals surface area contributed by atoms with Gasteiger partial charge in [0, 0.05) is 6.04 Å². The molecule has 1 fully saturated rings. The molecule has 3 aromatic rings. The second-order valence-electron chi connectivity index (χ2n) is 7.43. The Morgan fingerprint density at radius 3 is 2.32 bits per heavy atom. The predicted molar refractivity (Wildman–Crippen MR) is 128 cm³/mol. The van der Waals surface area contributed by atoms with E-state index in [9.17, 15) is 9.59 Å². The summed E-state index contributed by atoms with van der Waals surface area (Å²) in [7, 11) is 0. The van der Waals surface area contributed by atoms with Gasteiger partial charge in [-0.25, -0.2) is 0 Å². The van der Waals surface area contributed by atoms with Crippen LogP contribution in [-0.2, 0) is 11.4 Å². The number of imide groups is 1. The molecule has 1 heterocycles. The number of ether oxygens (including phenoxy) is 1. The van der Waals surface area contributed by atoms with Crippen molar-refractivity contribution in [2.75, 3.05) is 0 Å². The predicted octanol–water partition coefficient (Wildman–Crippen LogP) is 7.17. The van der Waals surface area contributed by atoms with E-state index >= 15 is 0 Å². The van der Waals surface area contributed by atoms with E-state index in [0.717, 1.165) is 28.1 Å². The summed E-state index contributed by atoms with van der Waals surface area (Å²) in [6, 6.07) is 17.4. The second kappa shape index (κ2) is 8.95. The molecular weight excluding hydrogens is 453 g/mol. The third-order valence-electron chi connectivity index (χ3n) is 4.86. The molecule has 0 aliphatic carbocycles. The summed E-state index contributed by atoms with van der Waals surface area (Å²) in [6.07, 6.45) is 1.62. The summed E-state index contributed by atoms with van der Waals surface area (Å²) in [6.45, 7) is 3.92. The van der Waals surface area contributed by atoms with E-state index in [2.05, 4.69) is 18.2 Å². The summed E-state index contributed by atoms with van der Waals surface area (Å²) in [5, 5.41) is 2.68. The van der Waals surface area contributed by atoms with Gasteiger partial charge in [-0.05, 0) is 71.8 Å². The molecule has 0 bridgehead atoms. The normalized spacial score (nSPS) is 15.5. The van der Waals surface area contributed by atoms with Crippen LogP contribution in [0.25, 0.3) is 16.8 Å². The van der Waals surface area contributed by atoms with Crippen molar-refractivity contribution in [3.63, 3.8) is 0 Å². The van der Waals surface area contributed by atoms with Gasteiger partial charge in [0.05, 0.1) is 15.0 Å². The SMILES string of the molecule is CC(C)N1C(=O)S/C(=C/c2cc(Cl)c(OCc3ccc4ccccc4c3)c(Cl)c2)C1=O. The second-order valence-corrected chi connectivity index (χ2v) is 9.24. The Kier molecular flexibility index (Phi) is 6.28. The highest BCUT2D eigenvalue weighted by Gasteiger charge is 2.36. The lowest BCUT2D eigenvalue weighted by Gasteiger charge is -2.16. The fourth-order valence-corrected chi connectivity index (χ4v) is 4.94. The molecule has 4 rings (SSSR count). The minimum atomic E-state index is -0.311. The van der Waals surface area contributed by atoms with Gasteiger partial charge >= 0.3 is 0 Å². The third kappa shape index (κ3) is 4.59.